The maximum absolute atomic E-state index is 13.1. The van der Waals surface area contributed by atoms with Gasteiger partial charge in [-0.25, -0.2) is 9.29 Å². The van der Waals surface area contributed by atoms with E-state index < -0.39 is 17.2 Å². The first-order chi connectivity index (χ1) is 19.8. The maximum atomic E-state index is 13.1. The van der Waals surface area contributed by atoms with Crippen molar-refractivity contribution in [3.05, 3.63) is 88.6 Å². The molecule has 9 nitrogen and oxygen atoms in total. The number of hydrogen-bond donors (Lipinski definition) is 2. The third-order valence-corrected chi connectivity index (χ3v) is 8.05. The summed E-state index contributed by atoms with van der Waals surface area (Å²) >= 11 is -2.51. The number of amides is 1. The van der Waals surface area contributed by atoms with Gasteiger partial charge in [0.2, 0.25) is 5.71 Å². The van der Waals surface area contributed by atoms with Crippen molar-refractivity contribution < 1.29 is 27.9 Å². The fraction of sp³-hybridized carbons (Fsp3) is 0.323. The number of carbonyl (C=O) groups is 2. The Labute approximate surface area is 241 Å². The molecule has 1 aliphatic rings. The highest BCUT2D eigenvalue weighted by molar-refractivity contribution is 7.76. The van der Waals surface area contributed by atoms with Crippen molar-refractivity contribution in [3.63, 3.8) is 0 Å². The molecule has 0 spiro atoms. The van der Waals surface area contributed by atoms with E-state index in [0.717, 1.165) is 36.0 Å². The number of aliphatic carboxylic acids is 1. The first-order valence-corrected chi connectivity index (χ1v) is 14.7. The summed E-state index contributed by atoms with van der Waals surface area (Å²) in [6.45, 7) is 0.236. The number of fused-ring (bicyclic) bond motifs is 1. The van der Waals surface area contributed by atoms with Crippen LogP contribution in [0.3, 0.4) is 0 Å². The van der Waals surface area contributed by atoms with Gasteiger partial charge in [-0.05, 0) is 60.8 Å². The van der Waals surface area contributed by atoms with Crippen LogP contribution in [-0.4, -0.2) is 48.6 Å². The van der Waals surface area contributed by atoms with Gasteiger partial charge in [0.1, 0.15) is 5.76 Å². The number of rotatable bonds is 13. The standard InChI is InChI=1S/C31H33N3O6S/c1-32-30(37)28-25-18-24(22-14-15-22)26(19-34(41(38)39)16-6-5-9-27(35)36)33-31(25)40-29(28)23-12-10-21(11-13-23)17-20-7-3-2-4-8-20/h2-4,7-8,10-13,18,22H,5-6,9,14-17,19H2,1H3,(H,32,37)(H,35,36)(H,38,39)/p-1. The van der Waals surface area contributed by atoms with E-state index in [4.69, 9.17) is 14.5 Å². The molecule has 2 aromatic carbocycles. The van der Waals surface area contributed by atoms with Gasteiger partial charge >= 0.3 is 5.97 Å². The molecule has 2 aromatic heterocycles. The molecule has 0 aliphatic heterocycles. The number of hydrogen-bond acceptors (Lipinski definition) is 6. The molecule has 0 radical (unpaired) electrons. The summed E-state index contributed by atoms with van der Waals surface area (Å²) in [4.78, 5) is 28.7. The van der Waals surface area contributed by atoms with Crippen LogP contribution in [0.25, 0.3) is 22.4 Å². The summed E-state index contributed by atoms with van der Waals surface area (Å²) in [7, 11) is 1.57. The minimum absolute atomic E-state index is 0.0124. The van der Waals surface area contributed by atoms with Gasteiger partial charge in [-0.15, -0.1) is 0 Å². The lowest BCUT2D eigenvalue weighted by molar-refractivity contribution is -0.137. The fourth-order valence-electron chi connectivity index (χ4n) is 5.05. The number of benzene rings is 2. The number of carboxylic acids is 1. The average Bonchev–Trinajstić information content (AvgIpc) is 3.75. The topological polar surface area (TPSA) is 136 Å². The second-order valence-corrected chi connectivity index (χ2v) is 11.3. The van der Waals surface area contributed by atoms with Crippen molar-refractivity contribution in [1.82, 2.24) is 14.6 Å². The van der Waals surface area contributed by atoms with Crippen molar-refractivity contribution in [2.75, 3.05) is 13.6 Å². The molecule has 1 fully saturated rings. The smallest absolute Gasteiger partial charge is 0.303 e. The van der Waals surface area contributed by atoms with Crippen LogP contribution in [0.2, 0.25) is 0 Å². The van der Waals surface area contributed by atoms with Crippen molar-refractivity contribution >= 4 is 34.2 Å². The second-order valence-electron chi connectivity index (χ2n) is 10.3. The Bertz CT molecular complexity index is 1560. The number of pyridine rings is 1. The van der Waals surface area contributed by atoms with Crippen LogP contribution in [0.1, 0.15) is 70.8 Å². The molecule has 214 valence electrons. The monoisotopic (exact) mass is 574 g/mol. The highest BCUT2D eigenvalue weighted by Crippen LogP contribution is 2.44. The Balaban J connectivity index is 1.48. The normalized spacial score (nSPS) is 13.9. The van der Waals surface area contributed by atoms with Crippen LogP contribution in [0.4, 0.5) is 0 Å². The zero-order chi connectivity index (χ0) is 28.9. The number of carbonyl (C=O) groups excluding carboxylic acids is 1. The molecule has 4 aromatic rings. The van der Waals surface area contributed by atoms with Gasteiger partial charge in [0.25, 0.3) is 5.91 Å². The van der Waals surface area contributed by atoms with Crippen LogP contribution in [0.15, 0.2) is 65.1 Å². The fourth-order valence-corrected chi connectivity index (χ4v) is 5.55. The third kappa shape index (κ3) is 6.90. The van der Waals surface area contributed by atoms with E-state index >= 15 is 0 Å². The first-order valence-electron chi connectivity index (χ1n) is 13.7. The number of nitrogens with one attached hydrogen (secondary N) is 1. The molecule has 2 N–H and O–H groups in total. The molecule has 5 rings (SSSR count). The number of aromatic nitrogens is 1. The molecule has 10 heteroatoms. The molecular formula is C31H32N3O6S-. The molecule has 0 saturated heterocycles. The van der Waals surface area contributed by atoms with E-state index in [2.05, 4.69) is 17.4 Å². The lowest BCUT2D eigenvalue weighted by atomic mass is 9.99. The lowest BCUT2D eigenvalue weighted by Crippen LogP contribution is -2.27. The average molecular weight is 575 g/mol. The highest BCUT2D eigenvalue weighted by Gasteiger charge is 2.31. The summed E-state index contributed by atoms with van der Waals surface area (Å²) in [6, 6.07) is 20.0. The Morgan fingerprint density at radius 2 is 1.80 bits per heavy atom. The molecule has 1 aliphatic carbocycles. The molecule has 1 atom stereocenters. The Morgan fingerprint density at radius 3 is 2.44 bits per heavy atom. The zero-order valence-corrected chi connectivity index (χ0v) is 23.6. The molecular weight excluding hydrogens is 542 g/mol. The van der Waals surface area contributed by atoms with Gasteiger partial charge in [-0.1, -0.05) is 54.6 Å². The molecule has 1 saturated carbocycles. The van der Waals surface area contributed by atoms with E-state index in [-0.39, 0.29) is 37.0 Å². The van der Waals surface area contributed by atoms with Crippen molar-refractivity contribution in [3.8, 4) is 11.3 Å². The van der Waals surface area contributed by atoms with Crippen LogP contribution < -0.4 is 5.32 Å². The molecule has 2 heterocycles. The summed E-state index contributed by atoms with van der Waals surface area (Å²) in [5.74, 6) is -0.544. The van der Waals surface area contributed by atoms with Gasteiger partial charge in [-0.2, -0.15) is 0 Å². The maximum Gasteiger partial charge on any atom is 0.303 e. The molecule has 1 unspecified atom stereocenters. The number of furan rings is 1. The summed E-state index contributed by atoms with van der Waals surface area (Å²) in [5.41, 5.74) is 5.25. The van der Waals surface area contributed by atoms with Crippen LogP contribution in [0.5, 0.6) is 0 Å². The number of carboxylic acid groups (broad SMARTS) is 1. The SMILES string of the molecule is CNC(=O)c1c(-c2ccc(Cc3ccccc3)cc2)oc2nc(CN(CCCCC(=O)O)S(=O)[O-])c(C3CC3)cc12. The summed E-state index contributed by atoms with van der Waals surface area (Å²) in [5, 5.41) is 12.2. The predicted octanol–water partition coefficient (Wildman–Crippen LogP) is 5.17. The summed E-state index contributed by atoms with van der Waals surface area (Å²) in [6.07, 6.45) is 3.50. The van der Waals surface area contributed by atoms with Gasteiger partial charge in [0.05, 0.1) is 23.2 Å². The third-order valence-electron chi connectivity index (χ3n) is 7.32. The van der Waals surface area contributed by atoms with Crippen molar-refractivity contribution in [2.45, 2.75) is 51.0 Å². The van der Waals surface area contributed by atoms with Gasteiger partial charge in [0.15, 0.2) is 0 Å². The largest absolute Gasteiger partial charge is 0.760 e. The van der Waals surface area contributed by atoms with E-state index in [1.165, 1.54) is 9.87 Å². The van der Waals surface area contributed by atoms with Crippen LogP contribution in [-0.2, 0) is 29.0 Å². The quantitative estimate of drug-likeness (QED) is 0.166. The Hall–Kier alpha value is -3.86. The van der Waals surface area contributed by atoms with Crippen molar-refractivity contribution in [1.29, 1.82) is 0 Å². The highest BCUT2D eigenvalue weighted by atomic mass is 32.2. The molecule has 1 amide bonds. The van der Waals surface area contributed by atoms with E-state index in [9.17, 15) is 18.4 Å². The lowest BCUT2D eigenvalue weighted by Gasteiger charge is -2.24. The minimum atomic E-state index is -2.51. The van der Waals surface area contributed by atoms with Crippen molar-refractivity contribution in [2.24, 2.45) is 0 Å². The molecule has 0 bridgehead atoms. The second kappa shape index (κ2) is 12.8. The van der Waals surface area contributed by atoms with Crippen LogP contribution >= 0.6 is 0 Å². The minimum Gasteiger partial charge on any atom is -0.760 e. The van der Waals surface area contributed by atoms with Gasteiger partial charge in [-0.3, -0.25) is 13.8 Å². The van der Waals surface area contributed by atoms with Gasteiger partial charge in [0, 0.05) is 36.8 Å². The molecule has 41 heavy (non-hydrogen) atoms. The van der Waals surface area contributed by atoms with E-state index in [1.54, 1.807) is 7.05 Å². The predicted molar refractivity (Wildman–Crippen MR) is 155 cm³/mol. The Kier molecular flexibility index (Phi) is 8.92. The summed E-state index contributed by atoms with van der Waals surface area (Å²) < 4.78 is 31.5. The Morgan fingerprint density at radius 1 is 1.10 bits per heavy atom. The number of nitrogens with zero attached hydrogens (tertiary/aromatic N) is 2. The van der Waals surface area contributed by atoms with E-state index in [1.807, 2.05) is 48.5 Å². The first kappa shape index (κ1) is 28.7. The zero-order valence-electron chi connectivity index (χ0n) is 22.8. The van der Waals surface area contributed by atoms with E-state index in [0.29, 0.717) is 35.2 Å². The van der Waals surface area contributed by atoms with Gasteiger partial charge < -0.3 is 19.4 Å². The van der Waals surface area contributed by atoms with Crippen LogP contribution in [0, 0.1) is 0 Å². The number of unbranched alkanes of at least 4 members (excludes halogenated alkanes) is 1.